The molecule has 0 spiro atoms. The molecule has 1 heterocycles. The smallest absolute Gasteiger partial charge is 0.255 e. The fraction of sp³-hybridized carbons (Fsp3) is 0.130. The number of fused-ring (bicyclic) bond motifs is 1. The maximum Gasteiger partial charge on any atom is 0.255 e. The molecule has 0 aliphatic heterocycles. The lowest BCUT2D eigenvalue weighted by atomic mass is 10.1. The van der Waals surface area contributed by atoms with Gasteiger partial charge in [-0.25, -0.2) is 4.98 Å². The van der Waals surface area contributed by atoms with Gasteiger partial charge in [-0.1, -0.05) is 0 Å². The molecule has 1 N–H and O–H groups in total. The van der Waals surface area contributed by atoms with Gasteiger partial charge in [0.25, 0.3) is 5.91 Å². The number of anilines is 1. The van der Waals surface area contributed by atoms with Crippen LogP contribution in [0.15, 0.2) is 63.5 Å². The van der Waals surface area contributed by atoms with Crippen LogP contribution in [0.4, 0.5) is 5.69 Å². The summed E-state index contributed by atoms with van der Waals surface area (Å²) in [4.78, 5) is 17.2. The van der Waals surface area contributed by atoms with Gasteiger partial charge >= 0.3 is 0 Å². The zero-order valence-electron chi connectivity index (χ0n) is 17.1. The number of ether oxygens (including phenoxy) is 3. The van der Waals surface area contributed by atoms with Crippen LogP contribution in [0.2, 0.25) is 0 Å². The van der Waals surface area contributed by atoms with Gasteiger partial charge in [0.1, 0.15) is 11.3 Å². The molecule has 4 rings (SSSR count). The van der Waals surface area contributed by atoms with Crippen LogP contribution >= 0.6 is 15.9 Å². The second kappa shape index (κ2) is 8.69. The number of carbonyl (C=O) groups is 1. The summed E-state index contributed by atoms with van der Waals surface area (Å²) in [5.74, 6) is 1.96. The second-order valence-corrected chi connectivity index (χ2v) is 7.43. The normalized spacial score (nSPS) is 10.7. The van der Waals surface area contributed by atoms with Crippen molar-refractivity contribution >= 4 is 38.6 Å². The van der Waals surface area contributed by atoms with Gasteiger partial charge in [0.15, 0.2) is 17.1 Å². The van der Waals surface area contributed by atoms with Crippen molar-refractivity contribution in [2.24, 2.45) is 0 Å². The van der Waals surface area contributed by atoms with Crippen LogP contribution in [0, 0.1) is 0 Å². The number of benzene rings is 3. The summed E-state index contributed by atoms with van der Waals surface area (Å²) in [6.45, 7) is 0. The van der Waals surface area contributed by atoms with Crippen molar-refractivity contribution in [1.82, 2.24) is 4.98 Å². The number of hydrogen-bond donors (Lipinski definition) is 1. The first-order valence-electron chi connectivity index (χ1n) is 9.30. The zero-order chi connectivity index (χ0) is 22.0. The molecule has 31 heavy (non-hydrogen) atoms. The molecule has 0 fully saturated rings. The molecular weight excluding hydrogens is 464 g/mol. The molecule has 0 saturated heterocycles. The summed E-state index contributed by atoms with van der Waals surface area (Å²) >= 11 is 3.47. The van der Waals surface area contributed by atoms with Gasteiger partial charge in [-0.3, -0.25) is 4.79 Å². The van der Waals surface area contributed by atoms with E-state index >= 15 is 0 Å². The molecule has 0 bridgehead atoms. The molecule has 0 unspecified atom stereocenters. The lowest BCUT2D eigenvalue weighted by Gasteiger charge is -2.10. The molecule has 4 aromatic rings. The Morgan fingerprint density at radius 1 is 0.903 bits per heavy atom. The predicted octanol–water partition coefficient (Wildman–Crippen LogP) is 5.54. The molecule has 0 saturated carbocycles. The number of nitrogens with zero attached hydrogens (tertiary/aromatic N) is 1. The lowest BCUT2D eigenvalue weighted by Crippen LogP contribution is -2.12. The van der Waals surface area contributed by atoms with E-state index in [0.717, 1.165) is 15.8 Å². The molecule has 0 atom stereocenters. The number of nitrogens with one attached hydrogen (secondary N) is 1. The van der Waals surface area contributed by atoms with Crippen LogP contribution in [0.5, 0.6) is 17.2 Å². The second-order valence-electron chi connectivity index (χ2n) is 6.57. The molecule has 1 aromatic heterocycles. The lowest BCUT2D eigenvalue weighted by molar-refractivity contribution is 0.102. The van der Waals surface area contributed by atoms with E-state index in [9.17, 15) is 4.79 Å². The first kappa shape index (κ1) is 20.7. The fourth-order valence-corrected chi connectivity index (χ4v) is 3.65. The van der Waals surface area contributed by atoms with Gasteiger partial charge in [0.2, 0.25) is 5.89 Å². The van der Waals surface area contributed by atoms with Gasteiger partial charge < -0.3 is 23.9 Å². The van der Waals surface area contributed by atoms with Gasteiger partial charge in [0.05, 0.1) is 25.8 Å². The van der Waals surface area contributed by atoms with Crippen LogP contribution in [-0.2, 0) is 0 Å². The minimum Gasteiger partial charge on any atom is -0.496 e. The summed E-state index contributed by atoms with van der Waals surface area (Å²) in [6, 6.07) is 15.9. The molecule has 8 heteroatoms. The highest BCUT2D eigenvalue weighted by Gasteiger charge is 2.14. The first-order valence-corrected chi connectivity index (χ1v) is 10.1. The van der Waals surface area contributed by atoms with Crippen molar-refractivity contribution in [3.05, 3.63) is 64.6 Å². The van der Waals surface area contributed by atoms with E-state index in [1.807, 2.05) is 18.2 Å². The molecule has 0 aliphatic rings. The average Bonchev–Trinajstić information content (AvgIpc) is 3.22. The number of halogens is 1. The molecule has 158 valence electrons. The summed E-state index contributed by atoms with van der Waals surface area (Å²) in [5.41, 5.74) is 3.10. The van der Waals surface area contributed by atoms with E-state index in [1.165, 1.54) is 7.11 Å². The summed E-state index contributed by atoms with van der Waals surface area (Å²) < 4.78 is 22.4. The highest BCUT2D eigenvalue weighted by molar-refractivity contribution is 9.10. The number of amides is 1. The van der Waals surface area contributed by atoms with Gasteiger partial charge in [-0.15, -0.1) is 0 Å². The standard InChI is InChI=1S/C23H19BrN2O5/c1-28-18-7-5-14(10-16(18)24)23-26-17-12-15(6-9-19(17)31-23)25-22(27)13-4-8-20(29-2)21(11-13)30-3/h4-12H,1-3H3,(H,25,27). The van der Waals surface area contributed by atoms with Gasteiger partial charge in [0, 0.05) is 16.8 Å². The van der Waals surface area contributed by atoms with Crippen LogP contribution in [0.25, 0.3) is 22.6 Å². The van der Waals surface area contributed by atoms with Gasteiger partial charge in [-0.05, 0) is 70.5 Å². The molecule has 0 radical (unpaired) electrons. The molecule has 1 amide bonds. The first-order chi connectivity index (χ1) is 15.0. The molecule has 0 aliphatic carbocycles. The SMILES string of the molecule is COc1ccc(-c2nc3cc(NC(=O)c4ccc(OC)c(OC)c4)ccc3o2)cc1Br. The maximum absolute atomic E-state index is 12.7. The Kier molecular flexibility index (Phi) is 5.81. The Balaban J connectivity index is 1.58. The zero-order valence-corrected chi connectivity index (χ0v) is 18.6. The molecular formula is C23H19BrN2O5. The summed E-state index contributed by atoms with van der Waals surface area (Å²) in [5, 5.41) is 2.87. The number of aromatic nitrogens is 1. The van der Waals surface area contributed by atoms with E-state index in [2.05, 4.69) is 26.2 Å². The largest absolute Gasteiger partial charge is 0.496 e. The Morgan fingerprint density at radius 2 is 1.65 bits per heavy atom. The third-order valence-corrected chi connectivity index (χ3v) is 5.31. The number of oxazole rings is 1. The van der Waals surface area contributed by atoms with Crippen molar-refractivity contribution in [3.8, 4) is 28.7 Å². The maximum atomic E-state index is 12.7. The number of rotatable bonds is 6. The molecule has 7 nitrogen and oxygen atoms in total. The fourth-order valence-electron chi connectivity index (χ4n) is 3.11. The van der Waals surface area contributed by atoms with E-state index in [0.29, 0.717) is 39.7 Å². The number of hydrogen-bond acceptors (Lipinski definition) is 6. The quantitative estimate of drug-likeness (QED) is 0.388. The van der Waals surface area contributed by atoms with Gasteiger partial charge in [-0.2, -0.15) is 0 Å². The Labute approximate surface area is 187 Å². The van der Waals surface area contributed by atoms with Crippen molar-refractivity contribution in [3.63, 3.8) is 0 Å². The Morgan fingerprint density at radius 3 is 2.35 bits per heavy atom. The molecule has 3 aromatic carbocycles. The third-order valence-electron chi connectivity index (χ3n) is 4.69. The van der Waals surface area contributed by atoms with Crippen LogP contribution < -0.4 is 19.5 Å². The topological polar surface area (TPSA) is 82.8 Å². The van der Waals surface area contributed by atoms with Crippen LogP contribution in [0.1, 0.15) is 10.4 Å². The van der Waals surface area contributed by atoms with E-state index in [4.69, 9.17) is 18.6 Å². The monoisotopic (exact) mass is 482 g/mol. The highest BCUT2D eigenvalue weighted by Crippen LogP contribution is 2.32. The predicted molar refractivity (Wildman–Crippen MR) is 121 cm³/mol. The third kappa shape index (κ3) is 4.20. The van der Waals surface area contributed by atoms with Crippen molar-refractivity contribution in [2.45, 2.75) is 0 Å². The van der Waals surface area contributed by atoms with Crippen molar-refractivity contribution in [2.75, 3.05) is 26.6 Å². The van der Waals surface area contributed by atoms with E-state index in [-0.39, 0.29) is 5.91 Å². The van der Waals surface area contributed by atoms with Crippen molar-refractivity contribution < 1.29 is 23.4 Å². The van der Waals surface area contributed by atoms with Crippen LogP contribution in [0.3, 0.4) is 0 Å². The number of carbonyl (C=O) groups excluding carboxylic acids is 1. The minimum atomic E-state index is -0.275. The Hall–Kier alpha value is -3.52. The van der Waals surface area contributed by atoms with Crippen molar-refractivity contribution in [1.29, 1.82) is 0 Å². The Bertz CT molecular complexity index is 1270. The average molecular weight is 483 g/mol. The van der Waals surface area contributed by atoms with E-state index in [1.54, 1.807) is 50.6 Å². The summed E-state index contributed by atoms with van der Waals surface area (Å²) in [7, 11) is 4.68. The van der Waals surface area contributed by atoms with Crippen LogP contribution in [-0.4, -0.2) is 32.2 Å². The highest BCUT2D eigenvalue weighted by atomic mass is 79.9. The number of methoxy groups -OCH3 is 3. The summed E-state index contributed by atoms with van der Waals surface area (Å²) in [6.07, 6.45) is 0. The van der Waals surface area contributed by atoms with E-state index < -0.39 is 0 Å². The minimum absolute atomic E-state index is 0.275.